The largest absolute Gasteiger partial charge is 0.359 e. The van der Waals surface area contributed by atoms with Crippen LogP contribution in [0.15, 0.2) is 48.7 Å². The standard InChI is InChI=1S/C19H16F3N3O/c20-15-7-12(5-6-13(15)11-8-19(21,22)9-11)24-18(26)25-17-10-23-16-4-2-1-3-14(16)17/h1-7,10-11,23H,8-9H2,(H2,24,25,26). The molecule has 134 valence electrons. The van der Waals surface area contributed by atoms with Crippen molar-refractivity contribution in [3.63, 3.8) is 0 Å². The first-order chi connectivity index (χ1) is 12.4. The number of H-pyrrole nitrogens is 1. The van der Waals surface area contributed by atoms with Gasteiger partial charge in [0.15, 0.2) is 0 Å². The van der Waals surface area contributed by atoms with Crippen LogP contribution >= 0.6 is 0 Å². The van der Waals surface area contributed by atoms with E-state index >= 15 is 0 Å². The predicted molar refractivity (Wildman–Crippen MR) is 94.3 cm³/mol. The second kappa shape index (κ2) is 6.09. The number of carbonyl (C=O) groups is 1. The summed E-state index contributed by atoms with van der Waals surface area (Å²) in [6.07, 6.45) is 1.00. The van der Waals surface area contributed by atoms with Crippen LogP contribution in [0.4, 0.5) is 29.3 Å². The fraction of sp³-hybridized carbons (Fsp3) is 0.211. The van der Waals surface area contributed by atoms with Gasteiger partial charge in [-0.25, -0.2) is 18.0 Å². The highest BCUT2D eigenvalue weighted by atomic mass is 19.3. The molecule has 1 fully saturated rings. The fourth-order valence-corrected chi connectivity index (χ4v) is 3.28. The molecule has 7 heteroatoms. The Labute approximate surface area is 147 Å². The molecule has 2 aromatic carbocycles. The van der Waals surface area contributed by atoms with E-state index in [2.05, 4.69) is 15.6 Å². The van der Waals surface area contributed by atoms with E-state index in [1.54, 1.807) is 6.20 Å². The first-order valence-electron chi connectivity index (χ1n) is 8.23. The molecule has 1 heterocycles. The van der Waals surface area contributed by atoms with Crippen LogP contribution in [0.2, 0.25) is 0 Å². The fourth-order valence-electron chi connectivity index (χ4n) is 3.28. The van der Waals surface area contributed by atoms with Crippen molar-refractivity contribution in [2.45, 2.75) is 24.7 Å². The molecule has 4 nitrogen and oxygen atoms in total. The Hall–Kier alpha value is -2.96. The Morgan fingerprint density at radius 1 is 1.12 bits per heavy atom. The summed E-state index contributed by atoms with van der Waals surface area (Å²) in [6.45, 7) is 0. The van der Waals surface area contributed by atoms with Gasteiger partial charge >= 0.3 is 6.03 Å². The van der Waals surface area contributed by atoms with E-state index in [1.165, 1.54) is 12.1 Å². The molecule has 4 rings (SSSR count). The lowest BCUT2D eigenvalue weighted by Crippen LogP contribution is -2.34. The van der Waals surface area contributed by atoms with Crippen LogP contribution in [0.3, 0.4) is 0 Å². The van der Waals surface area contributed by atoms with Crippen molar-refractivity contribution in [2.75, 3.05) is 10.6 Å². The van der Waals surface area contributed by atoms with Gasteiger partial charge in [0.05, 0.1) is 5.69 Å². The Morgan fingerprint density at radius 2 is 1.88 bits per heavy atom. The number of anilines is 2. The molecule has 2 amide bonds. The summed E-state index contributed by atoms with van der Waals surface area (Å²) in [5.41, 5.74) is 2.01. The molecule has 1 saturated carbocycles. The van der Waals surface area contributed by atoms with Crippen LogP contribution in [0.1, 0.15) is 24.3 Å². The van der Waals surface area contributed by atoms with E-state index in [-0.39, 0.29) is 24.1 Å². The summed E-state index contributed by atoms with van der Waals surface area (Å²) in [5, 5.41) is 6.11. The molecule has 1 aromatic heterocycles. The van der Waals surface area contributed by atoms with Crippen molar-refractivity contribution in [1.29, 1.82) is 0 Å². The number of halogens is 3. The van der Waals surface area contributed by atoms with Gasteiger partial charge in [0.2, 0.25) is 5.92 Å². The zero-order chi connectivity index (χ0) is 18.3. The summed E-state index contributed by atoms with van der Waals surface area (Å²) >= 11 is 0. The average molecular weight is 359 g/mol. The summed E-state index contributed by atoms with van der Waals surface area (Å²) in [4.78, 5) is 15.2. The number of fused-ring (bicyclic) bond motifs is 1. The Balaban J connectivity index is 1.44. The lowest BCUT2D eigenvalue weighted by molar-refractivity contribution is -0.0873. The first kappa shape index (κ1) is 16.5. The van der Waals surface area contributed by atoms with Crippen molar-refractivity contribution >= 4 is 28.3 Å². The molecular formula is C19H16F3N3O. The number of urea groups is 1. The van der Waals surface area contributed by atoms with Crippen molar-refractivity contribution in [3.05, 3.63) is 60.0 Å². The van der Waals surface area contributed by atoms with Crippen LogP contribution in [-0.4, -0.2) is 16.9 Å². The number of nitrogens with one attached hydrogen (secondary N) is 3. The molecule has 0 atom stereocenters. The summed E-state index contributed by atoms with van der Waals surface area (Å²) in [7, 11) is 0. The third-order valence-corrected chi connectivity index (χ3v) is 4.63. The van der Waals surface area contributed by atoms with Gasteiger partial charge in [0.1, 0.15) is 5.82 Å². The molecule has 0 saturated heterocycles. The number of alkyl halides is 2. The molecule has 3 aromatic rings. The number of amides is 2. The minimum Gasteiger partial charge on any atom is -0.359 e. The average Bonchev–Trinajstić information content (AvgIpc) is 2.96. The van der Waals surface area contributed by atoms with Crippen molar-refractivity contribution in [2.24, 2.45) is 0 Å². The van der Waals surface area contributed by atoms with E-state index in [9.17, 15) is 18.0 Å². The molecular weight excluding hydrogens is 343 g/mol. The van der Waals surface area contributed by atoms with E-state index in [0.717, 1.165) is 17.0 Å². The number of carbonyl (C=O) groups excluding carboxylic acids is 1. The van der Waals surface area contributed by atoms with Gasteiger partial charge in [-0.3, -0.25) is 0 Å². The van der Waals surface area contributed by atoms with Gasteiger partial charge in [-0.1, -0.05) is 24.3 Å². The van der Waals surface area contributed by atoms with Crippen LogP contribution in [0.25, 0.3) is 10.9 Å². The molecule has 1 aliphatic rings. The summed E-state index contributed by atoms with van der Waals surface area (Å²) in [5.74, 6) is -3.76. The number of aromatic amines is 1. The van der Waals surface area contributed by atoms with Gasteiger partial charge < -0.3 is 15.6 Å². The van der Waals surface area contributed by atoms with E-state index < -0.39 is 23.7 Å². The summed E-state index contributed by atoms with van der Waals surface area (Å²) < 4.78 is 40.1. The summed E-state index contributed by atoms with van der Waals surface area (Å²) in [6, 6.07) is 11.1. The van der Waals surface area contributed by atoms with Crippen molar-refractivity contribution < 1.29 is 18.0 Å². The highest BCUT2D eigenvalue weighted by Crippen LogP contribution is 2.49. The second-order valence-electron chi connectivity index (χ2n) is 6.52. The highest BCUT2D eigenvalue weighted by Gasteiger charge is 2.46. The van der Waals surface area contributed by atoms with Crippen LogP contribution < -0.4 is 10.6 Å². The van der Waals surface area contributed by atoms with E-state index in [1.807, 2.05) is 24.3 Å². The molecule has 1 aliphatic carbocycles. The second-order valence-corrected chi connectivity index (χ2v) is 6.52. The maximum absolute atomic E-state index is 14.2. The zero-order valence-corrected chi connectivity index (χ0v) is 13.7. The van der Waals surface area contributed by atoms with Gasteiger partial charge in [-0.15, -0.1) is 0 Å². The SMILES string of the molecule is O=C(Nc1ccc(C2CC(F)(F)C2)c(F)c1)Nc1c[nH]c2ccccc12. The number of aromatic nitrogens is 1. The van der Waals surface area contributed by atoms with Gasteiger partial charge in [-0.05, 0) is 29.7 Å². The molecule has 0 bridgehead atoms. The molecule has 0 spiro atoms. The Morgan fingerprint density at radius 3 is 2.62 bits per heavy atom. The third-order valence-electron chi connectivity index (χ3n) is 4.63. The Kier molecular flexibility index (Phi) is 3.86. The van der Waals surface area contributed by atoms with Crippen LogP contribution in [-0.2, 0) is 0 Å². The smallest absolute Gasteiger partial charge is 0.323 e. The van der Waals surface area contributed by atoms with Crippen LogP contribution in [0.5, 0.6) is 0 Å². The van der Waals surface area contributed by atoms with Gasteiger partial charge in [0.25, 0.3) is 0 Å². The predicted octanol–water partition coefficient (Wildman–Crippen LogP) is 5.46. The minimum atomic E-state index is -2.70. The zero-order valence-electron chi connectivity index (χ0n) is 13.7. The molecule has 26 heavy (non-hydrogen) atoms. The first-order valence-corrected chi connectivity index (χ1v) is 8.23. The normalized spacial score (nSPS) is 16.3. The van der Waals surface area contributed by atoms with Gasteiger partial charge in [0, 0.05) is 35.6 Å². The van der Waals surface area contributed by atoms with E-state index in [0.29, 0.717) is 5.69 Å². The Bertz CT molecular complexity index is 975. The minimum absolute atomic E-state index is 0.259. The molecule has 0 unspecified atom stereocenters. The number of rotatable bonds is 3. The topological polar surface area (TPSA) is 56.9 Å². The maximum atomic E-state index is 14.2. The number of para-hydroxylation sites is 1. The lowest BCUT2D eigenvalue weighted by atomic mass is 9.76. The number of hydrogen-bond acceptors (Lipinski definition) is 1. The van der Waals surface area contributed by atoms with Gasteiger partial charge in [-0.2, -0.15) is 0 Å². The molecule has 0 aliphatic heterocycles. The van der Waals surface area contributed by atoms with Crippen LogP contribution in [0, 0.1) is 5.82 Å². The number of hydrogen-bond donors (Lipinski definition) is 3. The van der Waals surface area contributed by atoms with Crippen molar-refractivity contribution in [3.8, 4) is 0 Å². The van der Waals surface area contributed by atoms with E-state index in [4.69, 9.17) is 0 Å². The maximum Gasteiger partial charge on any atom is 0.323 e. The number of benzene rings is 2. The highest BCUT2D eigenvalue weighted by molar-refractivity contribution is 6.05. The quantitative estimate of drug-likeness (QED) is 0.571. The third kappa shape index (κ3) is 3.12. The molecule has 3 N–H and O–H groups in total. The lowest BCUT2D eigenvalue weighted by Gasteiger charge is -2.35. The monoisotopic (exact) mass is 359 g/mol. The van der Waals surface area contributed by atoms with Crippen molar-refractivity contribution in [1.82, 2.24) is 4.98 Å². The molecule has 0 radical (unpaired) electrons.